The van der Waals surface area contributed by atoms with E-state index in [9.17, 15) is 19.7 Å². The second kappa shape index (κ2) is 8.02. The van der Waals surface area contributed by atoms with Crippen LogP contribution in [0.4, 0.5) is 11.4 Å². The van der Waals surface area contributed by atoms with Gasteiger partial charge in [-0.2, -0.15) is 5.10 Å². The molecule has 0 aliphatic rings. The molecule has 0 fully saturated rings. The van der Waals surface area contributed by atoms with Gasteiger partial charge >= 0.3 is 11.8 Å². The molecule has 128 valence electrons. The molecule has 2 rings (SSSR count). The fourth-order valence-corrected chi connectivity index (χ4v) is 2.01. The lowest BCUT2D eigenvalue weighted by atomic mass is 10.2. The van der Waals surface area contributed by atoms with Gasteiger partial charge in [0, 0.05) is 28.4 Å². The first-order valence-corrected chi connectivity index (χ1v) is 7.39. The van der Waals surface area contributed by atoms with Crippen molar-refractivity contribution in [3.63, 3.8) is 0 Å². The SMILES string of the molecule is Cc1ccc(Cl)cc1NC(=O)C(=O)NN=Cc1cccc([N+](=O)[O-])c1. The molecule has 2 aromatic carbocycles. The number of anilines is 1. The number of hydrazone groups is 1. The van der Waals surface area contributed by atoms with Crippen LogP contribution in [0.5, 0.6) is 0 Å². The number of hydrogen-bond donors (Lipinski definition) is 2. The Kier molecular flexibility index (Phi) is 5.80. The summed E-state index contributed by atoms with van der Waals surface area (Å²) in [7, 11) is 0. The van der Waals surface area contributed by atoms with Gasteiger partial charge in [0.2, 0.25) is 0 Å². The van der Waals surface area contributed by atoms with Crippen LogP contribution in [0.3, 0.4) is 0 Å². The molecule has 0 saturated carbocycles. The third-order valence-electron chi connectivity index (χ3n) is 3.11. The van der Waals surface area contributed by atoms with Gasteiger partial charge in [0.25, 0.3) is 5.69 Å². The standard InChI is InChI=1S/C16H13ClN4O4/c1-10-5-6-12(17)8-14(10)19-15(22)16(23)20-18-9-11-3-2-4-13(7-11)21(24)25/h2-9H,1H3,(H,19,22)(H,20,23). The van der Waals surface area contributed by atoms with Crippen molar-refractivity contribution in [3.05, 3.63) is 68.7 Å². The second-order valence-corrected chi connectivity index (χ2v) is 5.40. The molecule has 0 spiro atoms. The van der Waals surface area contributed by atoms with E-state index in [1.165, 1.54) is 30.5 Å². The zero-order valence-corrected chi connectivity index (χ0v) is 13.8. The van der Waals surface area contributed by atoms with Crippen molar-refractivity contribution in [1.29, 1.82) is 0 Å². The van der Waals surface area contributed by atoms with E-state index in [0.29, 0.717) is 16.3 Å². The smallest absolute Gasteiger partial charge is 0.317 e. The molecule has 9 heteroatoms. The van der Waals surface area contributed by atoms with E-state index >= 15 is 0 Å². The van der Waals surface area contributed by atoms with Crippen LogP contribution in [0.25, 0.3) is 0 Å². The number of carbonyl (C=O) groups excluding carboxylic acids is 2. The highest BCUT2D eigenvalue weighted by atomic mass is 35.5. The first kappa shape index (κ1) is 18.1. The monoisotopic (exact) mass is 360 g/mol. The van der Waals surface area contributed by atoms with E-state index in [0.717, 1.165) is 5.56 Å². The number of halogens is 1. The van der Waals surface area contributed by atoms with Crippen LogP contribution in [0.15, 0.2) is 47.6 Å². The molecular weight excluding hydrogens is 348 g/mol. The largest absolute Gasteiger partial charge is 0.329 e. The third-order valence-corrected chi connectivity index (χ3v) is 3.35. The summed E-state index contributed by atoms with van der Waals surface area (Å²) < 4.78 is 0. The molecule has 2 amide bonds. The first-order chi connectivity index (χ1) is 11.9. The van der Waals surface area contributed by atoms with Gasteiger partial charge in [-0.15, -0.1) is 0 Å². The average Bonchev–Trinajstić information content (AvgIpc) is 2.58. The van der Waals surface area contributed by atoms with Gasteiger partial charge in [-0.1, -0.05) is 29.8 Å². The van der Waals surface area contributed by atoms with Crippen molar-refractivity contribution in [2.45, 2.75) is 6.92 Å². The first-order valence-electron chi connectivity index (χ1n) is 7.02. The van der Waals surface area contributed by atoms with Crippen LogP contribution >= 0.6 is 11.6 Å². The summed E-state index contributed by atoms with van der Waals surface area (Å²) in [6.07, 6.45) is 1.20. The van der Waals surface area contributed by atoms with Gasteiger partial charge in [-0.3, -0.25) is 19.7 Å². The van der Waals surface area contributed by atoms with Crippen LogP contribution in [0.2, 0.25) is 5.02 Å². The maximum absolute atomic E-state index is 11.8. The molecule has 0 radical (unpaired) electrons. The highest BCUT2D eigenvalue weighted by molar-refractivity contribution is 6.40. The summed E-state index contributed by atoms with van der Waals surface area (Å²) in [6, 6.07) is 10.6. The lowest BCUT2D eigenvalue weighted by molar-refractivity contribution is -0.384. The highest BCUT2D eigenvalue weighted by Gasteiger charge is 2.14. The fourth-order valence-electron chi connectivity index (χ4n) is 1.84. The van der Waals surface area contributed by atoms with Crippen molar-refractivity contribution < 1.29 is 14.5 Å². The van der Waals surface area contributed by atoms with E-state index in [4.69, 9.17) is 11.6 Å². The van der Waals surface area contributed by atoms with Gasteiger partial charge in [-0.05, 0) is 24.6 Å². The van der Waals surface area contributed by atoms with Crippen LogP contribution < -0.4 is 10.7 Å². The molecule has 0 aromatic heterocycles. The minimum absolute atomic E-state index is 0.107. The molecule has 0 heterocycles. The Bertz CT molecular complexity index is 867. The number of aryl methyl sites for hydroxylation is 1. The van der Waals surface area contributed by atoms with Crippen LogP contribution in [0.1, 0.15) is 11.1 Å². The Morgan fingerprint density at radius 3 is 2.68 bits per heavy atom. The molecule has 0 unspecified atom stereocenters. The molecule has 0 atom stereocenters. The summed E-state index contributed by atoms with van der Waals surface area (Å²) in [6.45, 7) is 1.75. The summed E-state index contributed by atoms with van der Waals surface area (Å²) >= 11 is 5.84. The second-order valence-electron chi connectivity index (χ2n) is 4.96. The van der Waals surface area contributed by atoms with Gasteiger partial charge in [0.15, 0.2) is 0 Å². The van der Waals surface area contributed by atoms with Crippen molar-refractivity contribution in [1.82, 2.24) is 5.43 Å². The van der Waals surface area contributed by atoms with E-state index < -0.39 is 16.7 Å². The van der Waals surface area contributed by atoms with Crippen molar-refractivity contribution in [3.8, 4) is 0 Å². The topological polar surface area (TPSA) is 114 Å². The number of rotatable bonds is 4. The van der Waals surface area contributed by atoms with Gasteiger partial charge in [0.05, 0.1) is 11.1 Å². The molecule has 2 N–H and O–H groups in total. The molecule has 0 bridgehead atoms. The minimum Gasteiger partial charge on any atom is -0.317 e. The number of nitro groups is 1. The van der Waals surface area contributed by atoms with Crippen molar-refractivity contribution in [2.24, 2.45) is 5.10 Å². The van der Waals surface area contributed by atoms with Crippen LogP contribution in [0, 0.1) is 17.0 Å². The molecule has 2 aromatic rings. The van der Waals surface area contributed by atoms with Crippen molar-refractivity contribution in [2.75, 3.05) is 5.32 Å². The van der Waals surface area contributed by atoms with Gasteiger partial charge < -0.3 is 5.32 Å². The van der Waals surface area contributed by atoms with E-state index in [-0.39, 0.29) is 5.69 Å². The summed E-state index contributed by atoms with van der Waals surface area (Å²) in [5.41, 5.74) is 3.50. The number of benzene rings is 2. The maximum Gasteiger partial charge on any atom is 0.329 e. The fraction of sp³-hybridized carbons (Fsp3) is 0.0625. The number of nitro benzene ring substituents is 1. The number of nitrogens with zero attached hydrogens (tertiary/aromatic N) is 2. The number of amides is 2. The zero-order valence-electron chi connectivity index (χ0n) is 13.0. The molecular formula is C16H13ClN4O4. The Labute approximate surface area is 147 Å². The van der Waals surface area contributed by atoms with Crippen LogP contribution in [-0.2, 0) is 9.59 Å². The Morgan fingerprint density at radius 2 is 1.96 bits per heavy atom. The molecule has 0 aliphatic carbocycles. The Hall–Kier alpha value is -3.26. The number of carbonyl (C=O) groups is 2. The predicted octanol–water partition coefficient (Wildman–Crippen LogP) is 2.65. The minimum atomic E-state index is -0.985. The molecule has 0 saturated heterocycles. The summed E-state index contributed by atoms with van der Waals surface area (Å²) in [5, 5.41) is 17.1. The quantitative estimate of drug-likeness (QED) is 0.377. The van der Waals surface area contributed by atoms with Crippen LogP contribution in [-0.4, -0.2) is 23.0 Å². The van der Waals surface area contributed by atoms with Gasteiger partial charge in [0.1, 0.15) is 0 Å². The van der Waals surface area contributed by atoms with Gasteiger partial charge in [-0.25, -0.2) is 5.43 Å². The van der Waals surface area contributed by atoms with E-state index in [2.05, 4.69) is 10.4 Å². The Balaban J connectivity index is 1.97. The molecule has 25 heavy (non-hydrogen) atoms. The lowest BCUT2D eigenvalue weighted by Crippen LogP contribution is -2.32. The summed E-state index contributed by atoms with van der Waals surface area (Å²) in [5.74, 6) is -1.90. The highest BCUT2D eigenvalue weighted by Crippen LogP contribution is 2.19. The predicted molar refractivity (Wildman–Crippen MR) is 93.7 cm³/mol. The number of non-ortho nitro benzene ring substituents is 1. The van der Waals surface area contributed by atoms with E-state index in [1.54, 1.807) is 25.1 Å². The zero-order chi connectivity index (χ0) is 18.4. The lowest BCUT2D eigenvalue weighted by Gasteiger charge is -2.07. The number of nitrogens with one attached hydrogen (secondary N) is 2. The Morgan fingerprint density at radius 1 is 1.20 bits per heavy atom. The summed E-state index contributed by atoms with van der Waals surface area (Å²) in [4.78, 5) is 33.7. The normalized spacial score (nSPS) is 10.5. The third kappa shape index (κ3) is 5.11. The average molecular weight is 361 g/mol. The number of hydrogen-bond acceptors (Lipinski definition) is 5. The van der Waals surface area contributed by atoms with Crippen molar-refractivity contribution >= 4 is 41.0 Å². The maximum atomic E-state index is 11.8. The molecule has 8 nitrogen and oxygen atoms in total. The van der Waals surface area contributed by atoms with E-state index in [1.807, 2.05) is 5.43 Å². The molecule has 0 aliphatic heterocycles.